The molecule has 1 aromatic carbocycles. The standard InChI is InChI=1S/C12H15NO5/c1-12(2)17-8-11(18-12)7-16-10-5-3-4-9(6-10)13(14)15/h3-6,11H,7-8H2,1-2H3/t11-/m0/s1. The molecule has 0 aliphatic carbocycles. The maximum Gasteiger partial charge on any atom is 0.273 e. The minimum atomic E-state index is -0.587. The number of hydrogen-bond donors (Lipinski definition) is 0. The number of rotatable bonds is 4. The number of ether oxygens (including phenoxy) is 3. The Morgan fingerprint density at radius 3 is 2.94 bits per heavy atom. The summed E-state index contributed by atoms with van der Waals surface area (Å²) in [4.78, 5) is 10.2. The van der Waals surface area contributed by atoms with Crippen LogP contribution >= 0.6 is 0 Å². The van der Waals surface area contributed by atoms with Crippen molar-refractivity contribution in [2.24, 2.45) is 0 Å². The predicted molar refractivity (Wildman–Crippen MR) is 63.5 cm³/mol. The molecule has 1 saturated heterocycles. The Hall–Kier alpha value is -1.66. The van der Waals surface area contributed by atoms with Crippen LogP contribution < -0.4 is 4.74 Å². The van der Waals surface area contributed by atoms with Crippen molar-refractivity contribution in [3.05, 3.63) is 34.4 Å². The van der Waals surface area contributed by atoms with Gasteiger partial charge in [-0.1, -0.05) is 6.07 Å². The zero-order chi connectivity index (χ0) is 13.2. The van der Waals surface area contributed by atoms with Gasteiger partial charge in [0, 0.05) is 6.07 Å². The molecule has 1 aromatic rings. The highest BCUT2D eigenvalue weighted by Crippen LogP contribution is 2.24. The molecule has 2 rings (SSSR count). The molecule has 0 unspecified atom stereocenters. The molecule has 0 bridgehead atoms. The van der Waals surface area contributed by atoms with Crippen molar-refractivity contribution in [3.8, 4) is 5.75 Å². The van der Waals surface area contributed by atoms with Crippen LogP contribution in [0.2, 0.25) is 0 Å². The van der Waals surface area contributed by atoms with Gasteiger partial charge in [-0.05, 0) is 19.9 Å². The largest absolute Gasteiger partial charge is 0.491 e. The topological polar surface area (TPSA) is 70.8 Å². The van der Waals surface area contributed by atoms with Crippen molar-refractivity contribution in [1.29, 1.82) is 0 Å². The minimum absolute atomic E-state index is 0.0106. The first-order chi connectivity index (χ1) is 8.46. The molecule has 1 heterocycles. The van der Waals surface area contributed by atoms with Crippen molar-refractivity contribution in [3.63, 3.8) is 0 Å². The summed E-state index contributed by atoms with van der Waals surface area (Å²) >= 11 is 0. The van der Waals surface area contributed by atoms with Crippen LogP contribution in [0.5, 0.6) is 5.75 Å². The van der Waals surface area contributed by atoms with E-state index in [0.717, 1.165) is 0 Å². The molecule has 0 N–H and O–H groups in total. The summed E-state index contributed by atoms with van der Waals surface area (Å²) in [6.45, 7) is 4.44. The molecule has 0 saturated carbocycles. The van der Waals surface area contributed by atoms with Crippen LogP contribution in [0.4, 0.5) is 5.69 Å². The fourth-order valence-corrected chi connectivity index (χ4v) is 1.72. The van der Waals surface area contributed by atoms with Gasteiger partial charge in [0.1, 0.15) is 18.5 Å². The van der Waals surface area contributed by atoms with E-state index in [9.17, 15) is 10.1 Å². The van der Waals surface area contributed by atoms with Crippen molar-refractivity contribution in [2.45, 2.75) is 25.7 Å². The average Bonchev–Trinajstić information content (AvgIpc) is 2.67. The molecule has 18 heavy (non-hydrogen) atoms. The lowest BCUT2D eigenvalue weighted by Gasteiger charge is -2.17. The Bertz CT molecular complexity index is 446. The smallest absolute Gasteiger partial charge is 0.273 e. The van der Waals surface area contributed by atoms with Crippen LogP contribution in [0.1, 0.15) is 13.8 Å². The molecule has 1 aliphatic rings. The first-order valence-corrected chi connectivity index (χ1v) is 5.65. The fraction of sp³-hybridized carbons (Fsp3) is 0.500. The zero-order valence-corrected chi connectivity index (χ0v) is 10.3. The van der Waals surface area contributed by atoms with E-state index in [-0.39, 0.29) is 11.8 Å². The molecule has 1 aliphatic heterocycles. The minimum Gasteiger partial charge on any atom is -0.491 e. The lowest BCUT2D eigenvalue weighted by molar-refractivity contribution is -0.384. The average molecular weight is 253 g/mol. The number of benzene rings is 1. The summed E-state index contributed by atoms with van der Waals surface area (Å²) in [6, 6.07) is 6.07. The Kier molecular flexibility index (Phi) is 3.49. The van der Waals surface area contributed by atoms with E-state index < -0.39 is 10.7 Å². The predicted octanol–water partition coefficient (Wildman–Crippen LogP) is 2.13. The molecule has 1 fully saturated rings. The highest BCUT2D eigenvalue weighted by molar-refractivity contribution is 5.37. The number of hydrogen-bond acceptors (Lipinski definition) is 5. The van der Waals surface area contributed by atoms with E-state index >= 15 is 0 Å². The van der Waals surface area contributed by atoms with Crippen LogP contribution in [-0.2, 0) is 9.47 Å². The maximum atomic E-state index is 10.6. The van der Waals surface area contributed by atoms with Crippen molar-refractivity contribution in [1.82, 2.24) is 0 Å². The molecule has 98 valence electrons. The van der Waals surface area contributed by atoms with Crippen LogP contribution in [0.15, 0.2) is 24.3 Å². The number of nitro groups is 1. The van der Waals surface area contributed by atoms with E-state index in [1.807, 2.05) is 13.8 Å². The van der Waals surface area contributed by atoms with Gasteiger partial charge >= 0.3 is 0 Å². The summed E-state index contributed by atoms with van der Waals surface area (Å²) in [6.07, 6.45) is -0.153. The molecular weight excluding hydrogens is 238 g/mol. The SMILES string of the molecule is CC1(C)OC[C@H](COc2cccc([N+](=O)[O-])c2)O1. The van der Waals surface area contributed by atoms with Crippen LogP contribution in [0.25, 0.3) is 0 Å². The van der Waals surface area contributed by atoms with Gasteiger partial charge in [0.2, 0.25) is 0 Å². The Labute approximate surface area is 105 Å². The van der Waals surface area contributed by atoms with Gasteiger partial charge in [0.25, 0.3) is 5.69 Å². The lowest BCUT2D eigenvalue weighted by Crippen LogP contribution is -2.25. The van der Waals surface area contributed by atoms with E-state index in [0.29, 0.717) is 19.0 Å². The van der Waals surface area contributed by atoms with Crippen LogP contribution in [0, 0.1) is 10.1 Å². The summed E-state index contributed by atoms with van der Waals surface area (Å²) in [7, 11) is 0. The van der Waals surface area contributed by atoms with Gasteiger partial charge in [-0.25, -0.2) is 0 Å². The fourth-order valence-electron chi connectivity index (χ4n) is 1.72. The van der Waals surface area contributed by atoms with Gasteiger partial charge < -0.3 is 14.2 Å². The first kappa shape index (κ1) is 12.8. The van der Waals surface area contributed by atoms with Gasteiger partial charge in [-0.2, -0.15) is 0 Å². The van der Waals surface area contributed by atoms with E-state index in [2.05, 4.69) is 0 Å². The van der Waals surface area contributed by atoms with Gasteiger partial charge in [-0.3, -0.25) is 10.1 Å². The molecule has 0 aromatic heterocycles. The summed E-state index contributed by atoms with van der Waals surface area (Å²) < 4.78 is 16.4. The monoisotopic (exact) mass is 253 g/mol. The maximum absolute atomic E-state index is 10.6. The van der Waals surface area contributed by atoms with E-state index in [1.165, 1.54) is 12.1 Å². The Balaban J connectivity index is 1.91. The Morgan fingerprint density at radius 1 is 1.56 bits per heavy atom. The number of nitrogens with zero attached hydrogens (tertiary/aromatic N) is 1. The second-order valence-electron chi connectivity index (χ2n) is 4.52. The van der Waals surface area contributed by atoms with Crippen LogP contribution in [-0.4, -0.2) is 30.0 Å². The number of nitro benzene ring substituents is 1. The quantitative estimate of drug-likeness (QED) is 0.607. The molecule has 1 atom stereocenters. The molecule has 0 spiro atoms. The highest BCUT2D eigenvalue weighted by atomic mass is 16.7. The second kappa shape index (κ2) is 4.91. The zero-order valence-electron chi connectivity index (χ0n) is 10.3. The lowest BCUT2D eigenvalue weighted by atomic mass is 10.3. The van der Waals surface area contributed by atoms with Gasteiger partial charge in [-0.15, -0.1) is 0 Å². The molecule has 0 amide bonds. The van der Waals surface area contributed by atoms with Crippen molar-refractivity contribution >= 4 is 5.69 Å². The molecule has 0 radical (unpaired) electrons. The molecule has 6 heteroatoms. The molecule has 6 nitrogen and oxygen atoms in total. The third-order valence-corrected chi connectivity index (χ3v) is 2.53. The first-order valence-electron chi connectivity index (χ1n) is 5.65. The van der Waals surface area contributed by atoms with Crippen LogP contribution in [0.3, 0.4) is 0 Å². The Morgan fingerprint density at radius 2 is 2.33 bits per heavy atom. The second-order valence-corrected chi connectivity index (χ2v) is 4.52. The van der Waals surface area contributed by atoms with Gasteiger partial charge in [0.15, 0.2) is 5.79 Å². The number of non-ortho nitro benzene ring substituents is 1. The molecular formula is C12H15NO5. The third kappa shape index (κ3) is 3.18. The van der Waals surface area contributed by atoms with E-state index in [4.69, 9.17) is 14.2 Å². The van der Waals surface area contributed by atoms with Crippen molar-refractivity contribution in [2.75, 3.05) is 13.2 Å². The summed E-state index contributed by atoms with van der Waals surface area (Å²) in [5.74, 6) is -0.131. The summed E-state index contributed by atoms with van der Waals surface area (Å²) in [5.41, 5.74) is 0.0106. The van der Waals surface area contributed by atoms with Crippen molar-refractivity contribution < 1.29 is 19.1 Å². The van der Waals surface area contributed by atoms with E-state index in [1.54, 1.807) is 12.1 Å². The highest BCUT2D eigenvalue weighted by Gasteiger charge is 2.32. The summed E-state index contributed by atoms with van der Waals surface area (Å²) in [5, 5.41) is 10.6. The van der Waals surface area contributed by atoms with Gasteiger partial charge in [0.05, 0.1) is 17.6 Å². The third-order valence-electron chi connectivity index (χ3n) is 2.53. The normalized spacial score (nSPS) is 21.8.